The van der Waals surface area contributed by atoms with E-state index in [2.05, 4.69) is 17.0 Å². The molecule has 24 heavy (non-hydrogen) atoms. The van der Waals surface area contributed by atoms with Gasteiger partial charge in [-0.15, -0.1) is 0 Å². The largest absolute Gasteiger partial charge is 0.264 e. The molecular formula is C18H18F3N3. The van der Waals surface area contributed by atoms with E-state index in [1.165, 1.54) is 18.2 Å². The summed E-state index contributed by atoms with van der Waals surface area (Å²) in [5.41, 5.74) is 1.92. The van der Waals surface area contributed by atoms with Gasteiger partial charge < -0.3 is 0 Å². The quantitative estimate of drug-likeness (QED) is 0.636. The highest BCUT2D eigenvalue weighted by Crippen LogP contribution is 2.33. The molecule has 2 heterocycles. The Morgan fingerprint density at radius 2 is 1.88 bits per heavy atom. The van der Waals surface area contributed by atoms with Crippen LogP contribution < -0.4 is 0 Å². The molecule has 126 valence electrons. The van der Waals surface area contributed by atoms with Crippen LogP contribution in [0.15, 0.2) is 30.3 Å². The van der Waals surface area contributed by atoms with E-state index >= 15 is 0 Å². The average molecular weight is 333 g/mol. The molecule has 6 heteroatoms. The van der Waals surface area contributed by atoms with E-state index in [-0.39, 0.29) is 11.4 Å². The molecule has 0 bridgehead atoms. The summed E-state index contributed by atoms with van der Waals surface area (Å²) in [6.45, 7) is 4.40. The summed E-state index contributed by atoms with van der Waals surface area (Å²) in [5, 5.41) is 4.79. The molecule has 2 aromatic heterocycles. The fraction of sp³-hybridized carbons (Fsp3) is 0.333. The van der Waals surface area contributed by atoms with Gasteiger partial charge in [0.1, 0.15) is 5.82 Å². The first-order valence-electron chi connectivity index (χ1n) is 7.93. The van der Waals surface area contributed by atoms with Gasteiger partial charge in [-0.2, -0.15) is 5.10 Å². The molecule has 3 rings (SSSR count). The number of pyridine rings is 1. The van der Waals surface area contributed by atoms with Gasteiger partial charge in [0.05, 0.1) is 16.8 Å². The summed E-state index contributed by atoms with van der Waals surface area (Å²) >= 11 is 0. The van der Waals surface area contributed by atoms with Crippen molar-refractivity contribution in [1.82, 2.24) is 14.8 Å². The maximum absolute atomic E-state index is 13.6. The molecule has 0 atom stereocenters. The lowest BCUT2D eigenvalue weighted by Crippen LogP contribution is -2.02. The predicted molar refractivity (Wildman–Crippen MR) is 87.5 cm³/mol. The molecule has 0 N–H and O–H groups in total. The van der Waals surface area contributed by atoms with Gasteiger partial charge in [-0.25, -0.2) is 22.8 Å². The van der Waals surface area contributed by atoms with Crippen LogP contribution in [0.1, 0.15) is 37.4 Å². The van der Waals surface area contributed by atoms with Gasteiger partial charge in [-0.05, 0) is 43.7 Å². The zero-order chi connectivity index (χ0) is 17.3. The van der Waals surface area contributed by atoms with Crippen molar-refractivity contribution in [2.45, 2.75) is 39.7 Å². The van der Waals surface area contributed by atoms with Crippen molar-refractivity contribution in [3.63, 3.8) is 0 Å². The van der Waals surface area contributed by atoms with Gasteiger partial charge in [0, 0.05) is 17.7 Å². The fourth-order valence-electron chi connectivity index (χ4n) is 2.79. The van der Waals surface area contributed by atoms with Crippen molar-refractivity contribution < 1.29 is 13.2 Å². The van der Waals surface area contributed by atoms with Crippen LogP contribution in [0, 0.1) is 12.7 Å². The normalized spacial score (nSPS) is 11.6. The number of benzene rings is 1. The van der Waals surface area contributed by atoms with Gasteiger partial charge >= 0.3 is 0 Å². The second-order valence-corrected chi connectivity index (χ2v) is 5.77. The lowest BCUT2D eigenvalue weighted by atomic mass is 10.1. The number of hydrogen-bond acceptors (Lipinski definition) is 2. The molecule has 1 aromatic carbocycles. The van der Waals surface area contributed by atoms with E-state index in [0.29, 0.717) is 34.5 Å². The van der Waals surface area contributed by atoms with Gasteiger partial charge in [0.25, 0.3) is 6.43 Å². The van der Waals surface area contributed by atoms with E-state index in [9.17, 15) is 13.2 Å². The summed E-state index contributed by atoms with van der Waals surface area (Å²) in [6.07, 6.45) is -0.764. The summed E-state index contributed by atoms with van der Waals surface area (Å²) < 4.78 is 41.9. The van der Waals surface area contributed by atoms with Gasteiger partial charge in [0.2, 0.25) is 0 Å². The van der Waals surface area contributed by atoms with Crippen molar-refractivity contribution >= 4 is 11.0 Å². The Labute approximate surface area is 138 Å². The molecule has 3 nitrogen and oxygen atoms in total. The lowest BCUT2D eigenvalue weighted by Gasteiger charge is -2.08. The number of alkyl halides is 2. The zero-order valence-electron chi connectivity index (χ0n) is 13.6. The summed E-state index contributed by atoms with van der Waals surface area (Å²) in [7, 11) is 0. The van der Waals surface area contributed by atoms with Crippen molar-refractivity contribution in [2.75, 3.05) is 0 Å². The Hall–Kier alpha value is -2.37. The molecule has 0 aliphatic carbocycles. The highest BCUT2D eigenvalue weighted by Gasteiger charge is 2.20. The summed E-state index contributed by atoms with van der Waals surface area (Å²) in [4.78, 5) is 4.54. The van der Waals surface area contributed by atoms with Crippen molar-refractivity contribution in [3.8, 4) is 11.3 Å². The molecule has 0 amide bonds. The first-order valence-corrected chi connectivity index (χ1v) is 7.93. The first-order chi connectivity index (χ1) is 11.5. The minimum absolute atomic E-state index is 0.0837. The zero-order valence-corrected chi connectivity index (χ0v) is 13.6. The number of aromatic nitrogens is 3. The predicted octanol–water partition coefficient (Wildman–Crippen LogP) is 5.28. The average Bonchev–Trinajstić information content (AvgIpc) is 2.89. The highest BCUT2D eigenvalue weighted by atomic mass is 19.3. The molecular weight excluding hydrogens is 315 g/mol. The van der Waals surface area contributed by atoms with Crippen LogP contribution in [0.5, 0.6) is 0 Å². The van der Waals surface area contributed by atoms with E-state index in [4.69, 9.17) is 0 Å². The Balaban J connectivity index is 2.22. The number of aryl methyl sites for hydroxylation is 2. The molecule has 0 unspecified atom stereocenters. The third kappa shape index (κ3) is 3.00. The van der Waals surface area contributed by atoms with Crippen LogP contribution in [-0.4, -0.2) is 14.8 Å². The third-order valence-electron chi connectivity index (χ3n) is 4.01. The van der Waals surface area contributed by atoms with Crippen LogP contribution in [-0.2, 0) is 6.54 Å². The summed E-state index contributed by atoms with van der Waals surface area (Å²) in [6, 6.07) is 7.04. The van der Waals surface area contributed by atoms with Crippen molar-refractivity contribution in [3.05, 3.63) is 47.4 Å². The Kier molecular flexibility index (Phi) is 4.55. The second-order valence-electron chi connectivity index (χ2n) is 5.77. The first kappa shape index (κ1) is 16.5. The third-order valence-corrected chi connectivity index (χ3v) is 4.01. The second kappa shape index (κ2) is 6.63. The Bertz CT molecular complexity index is 854. The van der Waals surface area contributed by atoms with E-state index in [1.807, 2.05) is 0 Å². The molecule has 0 aliphatic heterocycles. The Morgan fingerprint density at radius 3 is 2.50 bits per heavy atom. The molecule has 0 aliphatic rings. The van der Waals surface area contributed by atoms with E-state index in [0.717, 1.165) is 12.8 Å². The molecule has 3 aromatic rings. The van der Waals surface area contributed by atoms with Crippen LogP contribution in [0.25, 0.3) is 22.3 Å². The fourth-order valence-corrected chi connectivity index (χ4v) is 2.79. The van der Waals surface area contributed by atoms with Crippen LogP contribution >= 0.6 is 0 Å². The monoisotopic (exact) mass is 333 g/mol. The number of unbranched alkanes of at least 4 members (excludes halogenated alkanes) is 1. The number of hydrogen-bond donors (Lipinski definition) is 0. The van der Waals surface area contributed by atoms with E-state index < -0.39 is 6.43 Å². The maximum Gasteiger partial charge on any atom is 0.264 e. The smallest absolute Gasteiger partial charge is 0.247 e. The number of fused-ring (bicyclic) bond motifs is 1. The maximum atomic E-state index is 13.6. The number of nitrogens with zero attached hydrogens (tertiary/aromatic N) is 3. The van der Waals surface area contributed by atoms with Gasteiger partial charge in [0.15, 0.2) is 5.65 Å². The minimum atomic E-state index is -2.63. The summed E-state index contributed by atoms with van der Waals surface area (Å²) in [5.74, 6) is -0.377. The van der Waals surface area contributed by atoms with Crippen molar-refractivity contribution in [1.29, 1.82) is 0 Å². The van der Waals surface area contributed by atoms with Crippen LogP contribution in [0.4, 0.5) is 13.2 Å². The SMILES string of the molecule is CCCCn1nc(C)c2c(C(F)F)cc(-c3ccc(F)cc3)nc21. The minimum Gasteiger partial charge on any atom is -0.247 e. The molecule has 0 saturated carbocycles. The number of halogens is 3. The molecule has 0 saturated heterocycles. The van der Waals surface area contributed by atoms with Crippen molar-refractivity contribution in [2.24, 2.45) is 0 Å². The highest BCUT2D eigenvalue weighted by molar-refractivity contribution is 5.85. The van der Waals surface area contributed by atoms with E-state index in [1.54, 1.807) is 23.7 Å². The van der Waals surface area contributed by atoms with Crippen LogP contribution in [0.3, 0.4) is 0 Å². The number of rotatable bonds is 5. The standard InChI is InChI=1S/C18H18F3N3/c1-3-4-9-24-18-16(11(2)23-24)14(17(20)21)10-15(22-18)12-5-7-13(19)8-6-12/h5-8,10,17H,3-4,9H2,1-2H3. The lowest BCUT2D eigenvalue weighted by molar-refractivity contribution is 0.153. The molecule has 0 fully saturated rings. The van der Waals surface area contributed by atoms with Crippen LogP contribution in [0.2, 0.25) is 0 Å². The molecule has 0 spiro atoms. The topological polar surface area (TPSA) is 30.7 Å². The molecule has 0 radical (unpaired) electrons. The Morgan fingerprint density at radius 1 is 1.17 bits per heavy atom. The van der Waals surface area contributed by atoms with Gasteiger partial charge in [-0.1, -0.05) is 13.3 Å². The van der Waals surface area contributed by atoms with Gasteiger partial charge in [-0.3, -0.25) is 0 Å².